The molecule has 0 spiro atoms. The Hall–Kier alpha value is -8.24. The first-order valence-electron chi connectivity index (χ1n) is 29.5. The normalized spacial score (nSPS) is 13.4. The molecule has 0 unspecified atom stereocenters. The Morgan fingerprint density at radius 3 is 1.47 bits per heavy atom. The summed E-state index contributed by atoms with van der Waals surface area (Å²) in [7, 11) is 0. The first-order chi connectivity index (χ1) is 40.2. The van der Waals surface area contributed by atoms with Crippen LogP contribution in [0.3, 0.4) is 0 Å². The zero-order valence-electron chi connectivity index (χ0n) is 51.0. The summed E-state index contributed by atoms with van der Waals surface area (Å²) < 4.78 is 9.47. The van der Waals surface area contributed by atoms with Crippen LogP contribution in [0.1, 0.15) is 116 Å². The van der Waals surface area contributed by atoms with Gasteiger partial charge in [-0.2, -0.15) is 6.07 Å². The molecule has 0 atom stereocenters. The van der Waals surface area contributed by atoms with Crippen LogP contribution >= 0.6 is 0 Å². The van der Waals surface area contributed by atoms with Crippen molar-refractivity contribution in [2.24, 2.45) is 0 Å². The van der Waals surface area contributed by atoms with E-state index in [-0.39, 0.29) is 37.3 Å². The minimum atomic E-state index is -0.529. The summed E-state index contributed by atoms with van der Waals surface area (Å²) in [6.07, 6.45) is 1.94. The van der Waals surface area contributed by atoms with E-state index in [0.717, 1.165) is 66.9 Å². The standard InChI is InChI=1S/C79H75N4O.Pt/c1-75(2,3)62-44-57(55-30-20-14-21-31-55)45-64(47-62)81-53-82(74(79(11,12)60-36-26-17-27-37-60)73(81)78(9,10)59-34-24-16-25-35-59)65-48-63(76(4,5)6)49-67(51-65)84-66-39-40-68-69-46-56(54-28-18-13-19-29-54)38-41-70(69)83(71(68)52-66)72-50-61(42-43-80-72)77(7,8)58-32-22-15-23-33-58;/h13-50,53H,1-12H3;/q-3;. The largest absolute Gasteiger partial charge is 0.509 e. The van der Waals surface area contributed by atoms with Crippen LogP contribution in [0.5, 0.6) is 11.5 Å². The van der Waals surface area contributed by atoms with Crippen LogP contribution in [0, 0.1) is 18.8 Å². The van der Waals surface area contributed by atoms with E-state index in [1.165, 1.54) is 39.1 Å². The van der Waals surface area contributed by atoms with E-state index in [1.807, 2.05) is 6.20 Å². The average molecular weight is 1290 g/mol. The van der Waals surface area contributed by atoms with Gasteiger partial charge in [-0.15, -0.1) is 53.6 Å². The van der Waals surface area contributed by atoms with Gasteiger partial charge in [0.2, 0.25) is 0 Å². The van der Waals surface area contributed by atoms with Crippen molar-refractivity contribution >= 4 is 33.2 Å². The predicted octanol–water partition coefficient (Wildman–Crippen LogP) is 20.4. The molecule has 0 amide bonds. The number of hydrogen-bond acceptors (Lipinski definition) is 4. The fraction of sp³-hybridized carbons (Fsp3) is 0.215. The van der Waals surface area contributed by atoms with Crippen molar-refractivity contribution in [1.29, 1.82) is 0 Å². The Morgan fingerprint density at radius 1 is 0.388 bits per heavy atom. The van der Waals surface area contributed by atoms with Gasteiger partial charge in [-0.1, -0.05) is 258 Å². The van der Waals surface area contributed by atoms with E-state index in [2.05, 4.69) is 341 Å². The number of allylic oxidation sites excluding steroid dienone is 2. The summed E-state index contributed by atoms with van der Waals surface area (Å²) >= 11 is 0. The molecule has 85 heavy (non-hydrogen) atoms. The molecule has 0 saturated carbocycles. The molecule has 5 nitrogen and oxygen atoms in total. The Labute approximate surface area is 519 Å². The number of rotatable bonds is 13. The van der Waals surface area contributed by atoms with E-state index in [4.69, 9.17) is 9.72 Å². The summed E-state index contributed by atoms with van der Waals surface area (Å²) in [4.78, 5) is 9.99. The third-order valence-electron chi connectivity index (χ3n) is 17.4. The van der Waals surface area contributed by atoms with E-state index in [9.17, 15) is 0 Å². The Bertz CT molecular complexity index is 4230. The molecule has 0 bridgehead atoms. The maximum absolute atomic E-state index is 7.22. The minimum absolute atomic E-state index is 0. The van der Waals surface area contributed by atoms with Gasteiger partial charge in [0.1, 0.15) is 5.82 Å². The molecule has 9 aromatic carbocycles. The molecule has 0 fully saturated rings. The van der Waals surface area contributed by atoms with Crippen molar-refractivity contribution in [2.75, 3.05) is 9.80 Å². The van der Waals surface area contributed by atoms with Crippen molar-refractivity contribution in [1.82, 2.24) is 9.55 Å². The van der Waals surface area contributed by atoms with Crippen molar-refractivity contribution in [3.05, 3.63) is 294 Å². The maximum atomic E-state index is 7.22. The maximum Gasteiger partial charge on any atom is 0.135 e. The number of fused-ring (bicyclic) bond motifs is 3. The van der Waals surface area contributed by atoms with Crippen LogP contribution in [0.2, 0.25) is 0 Å². The van der Waals surface area contributed by atoms with Gasteiger partial charge in [0.15, 0.2) is 0 Å². The van der Waals surface area contributed by atoms with Crippen molar-refractivity contribution in [2.45, 2.75) is 110 Å². The minimum Gasteiger partial charge on any atom is -0.509 e. The quantitative estimate of drug-likeness (QED) is 0.108. The smallest absolute Gasteiger partial charge is 0.135 e. The molecular formula is C79H75N4OPt-3. The number of pyridine rings is 1. The molecule has 0 aliphatic carbocycles. The fourth-order valence-corrected chi connectivity index (χ4v) is 12.2. The molecule has 0 N–H and O–H groups in total. The van der Waals surface area contributed by atoms with Crippen molar-refractivity contribution in [3.8, 4) is 39.6 Å². The van der Waals surface area contributed by atoms with Gasteiger partial charge in [0.25, 0.3) is 0 Å². The topological polar surface area (TPSA) is 33.5 Å². The van der Waals surface area contributed by atoms with Crippen LogP contribution in [-0.2, 0) is 48.1 Å². The SMILES string of the molecule is CC(C)(C)c1cc(Oc2[c-]c3c(cc2)c2cc(-c4ccccc4)ccc2n3-c2cc(C(C)(C)c3ccccc3)ccn2)[c-]c(N2[CH-]N(c3cc(-c4ccccc4)cc(C(C)(C)C)c3)C(C(C)(C)c3ccccc3)=C2C(C)(C)c2ccccc2)c1.[Pt]. The molecular weight excluding hydrogens is 1220 g/mol. The summed E-state index contributed by atoms with van der Waals surface area (Å²) in [5.74, 6) is 1.99. The third-order valence-corrected chi connectivity index (χ3v) is 17.4. The molecule has 430 valence electrons. The second-order valence-electron chi connectivity index (χ2n) is 26.3. The number of benzene rings is 9. The van der Waals surface area contributed by atoms with Crippen LogP contribution in [0.25, 0.3) is 49.9 Å². The second kappa shape index (κ2) is 22.6. The molecule has 12 rings (SSSR count). The molecule has 1 aliphatic heterocycles. The zero-order chi connectivity index (χ0) is 58.8. The van der Waals surface area contributed by atoms with Gasteiger partial charge in [-0.25, -0.2) is 4.98 Å². The number of nitrogens with zero attached hydrogens (tertiary/aromatic N) is 4. The van der Waals surface area contributed by atoms with E-state index in [0.29, 0.717) is 11.5 Å². The Balaban J connectivity index is 0.00000752. The summed E-state index contributed by atoms with van der Waals surface area (Å²) in [6, 6.07) is 88.7. The first-order valence-corrected chi connectivity index (χ1v) is 29.5. The van der Waals surface area contributed by atoms with Gasteiger partial charge in [-0.05, 0) is 96.6 Å². The third kappa shape index (κ3) is 11.2. The van der Waals surface area contributed by atoms with E-state index < -0.39 is 10.8 Å². The molecule has 2 aromatic heterocycles. The van der Waals surface area contributed by atoms with Gasteiger partial charge in [-0.3, -0.25) is 0 Å². The van der Waals surface area contributed by atoms with Gasteiger partial charge in [0, 0.05) is 77.6 Å². The predicted molar refractivity (Wildman–Crippen MR) is 351 cm³/mol. The molecule has 11 aromatic rings. The van der Waals surface area contributed by atoms with Crippen LogP contribution in [0.4, 0.5) is 11.4 Å². The van der Waals surface area contributed by atoms with Gasteiger partial charge < -0.3 is 19.1 Å². The first kappa shape index (κ1) is 58.5. The Morgan fingerprint density at radius 2 is 0.906 bits per heavy atom. The van der Waals surface area contributed by atoms with Crippen LogP contribution in [0.15, 0.2) is 242 Å². The Kier molecular flexibility index (Phi) is 15.6. The molecule has 1 aliphatic rings. The van der Waals surface area contributed by atoms with Crippen LogP contribution in [-0.4, -0.2) is 9.55 Å². The number of hydrogen-bond donors (Lipinski definition) is 0. The zero-order valence-corrected chi connectivity index (χ0v) is 53.3. The van der Waals surface area contributed by atoms with E-state index >= 15 is 0 Å². The monoisotopic (exact) mass is 1290 g/mol. The van der Waals surface area contributed by atoms with Crippen LogP contribution < -0.4 is 14.5 Å². The number of ether oxygens (including phenoxy) is 1. The molecule has 0 radical (unpaired) electrons. The van der Waals surface area contributed by atoms with Gasteiger partial charge in [0.05, 0.1) is 0 Å². The fourth-order valence-electron chi connectivity index (χ4n) is 12.2. The average Bonchev–Trinajstić information content (AvgIpc) is 4.23. The van der Waals surface area contributed by atoms with Crippen molar-refractivity contribution < 1.29 is 25.8 Å². The number of anilines is 2. The second-order valence-corrected chi connectivity index (χ2v) is 26.3. The molecule has 3 heterocycles. The molecule has 0 saturated heterocycles. The summed E-state index contributed by atoms with van der Waals surface area (Å²) in [5.41, 5.74) is 16.3. The number of aromatic nitrogens is 2. The molecule has 6 heteroatoms. The van der Waals surface area contributed by atoms with Gasteiger partial charge >= 0.3 is 0 Å². The van der Waals surface area contributed by atoms with Crippen molar-refractivity contribution in [3.63, 3.8) is 0 Å². The van der Waals surface area contributed by atoms with E-state index in [1.54, 1.807) is 0 Å². The summed E-state index contributed by atoms with van der Waals surface area (Å²) in [5, 5.41) is 2.17. The summed E-state index contributed by atoms with van der Waals surface area (Å²) in [6.45, 7) is 30.1.